The summed E-state index contributed by atoms with van der Waals surface area (Å²) in [6, 6.07) is 3.40. The fraction of sp³-hybridized carbons (Fsp3) is 0.357. The van der Waals surface area contributed by atoms with Gasteiger partial charge in [0.2, 0.25) is 0 Å². The van der Waals surface area contributed by atoms with Crippen LogP contribution in [0.4, 0.5) is 0 Å². The maximum absolute atomic E-state index is 12.2. The van der Waals surface area contributed by atoms with Gasteiger partial charge >= 0.3 is 11.7 Å². The molecule has 1 unspecified atom stereocenters. The van der Waals surface area contributed by atoms with Gasteiger partial charge in [-0.2, -0.15) is 4.98 Å². The van der Waals surface area contributed by atoms with Crippen molar-refractivity contribution in [2.45, 2.75) is 33.2 Å². The molecule has 0 fully saturated rings. The van der Waals surface area contributed by atoms with E-state index in [4.69, 9.17) is 16.7 Å². The largest absolute Gasteiger partial charge is 0.481 e. The van der Waals surface area contributed by atoms with E-state index in [0.29, 0.717) is 21.3 Å². The van der Waals surface area contributed by atoms with Gasteiger partial charge in [-0.05, 0) is 32.9 Å². The molecule has 112 valence electrons. The number of aryl methyl sites for hydroxylation is 1. The molecule has 0 saturated heterocycles. The number of aromatic nitrogens is 2. The molecule has 0 aliphatic heterocycles. The Kier molecular flexibility index (Phi) is 4.49. The van der Waals surface area contributed by atoms with Crippen molar-refractivity contribution in [1.29, 1.82) is 0 Å². The molecule has 2 heterocycles. The smallest absolute Gasteiger partial charge is 0.348 e. The van der Waals surface area contributed by atoms with Crippen molar-refractivity contribution in [3.63, 3.8) is 0 Å². The number of hydrogen-bond donors (Lipinski definition) is 1. The number of nitrogens with zero attached hydrogens (tertiary/aromatic N) is 2. The summed E-state index contributed by atoms with van der Waals surface area (Å²) in [5.74, 6) is -0.944. The van der Waals surface area contributed by atoms with Crippen LogP contribution in [-0.2, 0) is 11.2 Å². The molecule has 0 radical (unpaired) electrons. The van der Waals surface area contributed by atoms with Crippen LogP contribution >= 0.6 is 22.9 Å². The van der Waals surface area contributed by atoms with Crippen molar-refractivity contribution >= 4 is 28.9 Å². The zero-order valence-electron chi connectivity index (χ0n) is 11.9. The van der Waals surface area contributed by atoms with E-state index in [0.717, 1.165) is 4.88 Å². The average Bonchev–Trinajstić information content (AvgIpc) is 2.80. The van der Waals surface area contributed by atoms with Crippen LogP contribution in [0, 0.1) is 13.8 Å². The first kappa shape index (κ1) is 15.7. The molecule has 5 nitrogen and oxygen atoms in total. The summed E-state index contributed by atoms with van der Waals surface area (Å²) in [6.45, 7) is 5.28. The Balaban J connectivity index is 2.58. The third-order valence-corrected chi connectivity index (χ3v) is 4.83. The van der Waals surface area contributed by atoms with Gasteiger partial charge in [0.25, 0.3) is 0 Å². The number of hydrogen-bond acceptors (Lipinski definition) is 4. The molecule has 2 rings (SSSR count). The van der Waals surface area contributed by atoms with Crippen LogP contribution in [-0.4, -0.2) is 20.6 Å². The van der Waals surface area contributed by atoms with Crippen LogP contribution in [0.15, 0.2) is 16.9 Å². The maximum atomic E-state index is 12.2. The summed E-state index contributed by atoms with van der Waals surface area (Å²) < 4.78 is 2.17. The molecule has 2 aromatic rings. The summed E-state index contributed by atoms with van der Waals surface area (Å²) in [6.07, 6.45) is -0.150. The van der Waals surface area contributed by atoms with E-state index in [-0.39, 0.29) is 18.2 Å². The van der Waals surface area contributed by atoms with Gasteiger partial charge in [0.15, 0.2) is 0 Å². The highest BCUT2D eigenvalue weighted by Crippen LogP contribution is 2.29. The highest BCUT2D eigenvalue weighted by Gasteiger charge is 2.19. The quantitative estimate of drug-likeness (QED) is 0.937. The number of rotatable bonds is 4. The first-order valence-corrected chi connectivity index (χ1v) is 7.56. The zero-order valence-corrected chi connectivity index (χ0v) is 13.5. The van der Waals surface area contributed by atoms with Gasteiger partial charge < -0.3 is 5.11 Å². The molecule has 0 amide bonds. The van der Waals surface area contributed by atoms with Crippen LogP contribution in [0.2, 0.25) is 4.34 Å². The summed E-state index contributed by atoms with van der Waals surface area (Å²) in [5.41, 5.74) is 1.30. The SMILES string of the molecule is Cc1nc(=O)n(C(C)c2ccc(Cl)s2)c(C)c1CC(=O)O. The Morgan fingerprint density at radius 2 is 2.14 bits per heavy atom. The zero-order chi connectivity index (χ0) is 15.7. The molecule has 2 aromatic heterocycles. The molecule has 0 spiro atoms. The van der Waals surface area contributed by atoms with Crippen LogP contribution in [0.1, 0.15) is 34.8 Å². The molecule has 21 heavy (non-hydrogen) atoms. The lowest BCUT2D eigenvalue weighted by molar-refractivity contribution is -0.136. The Hall–Kier alpha value is -1.66. The van der Waals surface area contributed by atoms with E-state index < -0.39 is 5.97 Å². The Morgan fingerprint density at radius 1 is 1.48 bits per heavy atom. The van der Waals surface area contributed by atoms with Gasteiger partial charge in [0, 0.05) is 21.8 Å². The molecule has 7 heteroatoms. The number of carbonyl (C=O) groups is 1. The van der Waals surface area contributed by atoms with Crippen molar-refractivity contribution in [1.82, 2.24) is 9.55 Å². The van der Waals surface area contributed by atoms with Gasteiger partial charge in [0.1, 0.15) is 0 Å². The second-order valence-corrected chi connectivity index (χ2v) is 6.55. The highest BCUT2D eigenvalue weighted by atomic mass is 35.5. The van der Waals surface area contributed by atoms with Crippen LogP contribution in [0.25, 0.3) is 0 Å². The molecule has 0 aliphatic rings. The van der Waals surface area contributed by atoms with E-state index >= 15 is 0 Å². The summed E-state index contributed by atoms with van der Waals surface area (Å²) >= 11 is 7.33. The van der Waals surface area contributed by atoms with Gasteiger partial charge in [-0.3, -0.25) is 9.36 Å². The monoisotopic (exact) mass is 326 g/mol. The molecule has 1 N–H and O–H groups in total. The molecule has 1 atom stereocenters. The van der Waals surface area contributed by atoms with Crippen molar-refractivity contribution in [2.24, 2.45) is 0 Å². The normalized spacial score (nSPS) is 12.4. The predicted octanol–water partition coefficient (Wildman–Crippen LogP) is 2.81. The van der Waals surface area contributed by atoms with Crippen LogP contribution in [0.3, 0.4) is 0 Å². The third-order valence-electron chi connectivity index (χ3n) is 3.43. The summed E-state index contributed by atoms with van der Waals surface area (Å²) in [7, 11) is 0. The van der Waals surface area contributed by atoms with E-state index in [2.05, 4.69) is 4.98 Å². The number of thiophene rings is 1. The van der Waals surface area contributed by atoms with Crippen molar-refractivity contribution < 1.29 is 9.90 Å². The Labute approximate surface area is 130 Å². The average molecular weight is 327 g/mol. The van der Waals surface area contributed by atoms with Gasteiger partial charge in [-0.25, -0.2) is 4.79 Å². The molecule has 0 aromatic carbocycles. The summed E-state index contributed by atoms with van der Waals surface area (Å²) in [4.78, 5) is 28.1. The second-order valence-electron chi connectivity index (χ2n) is 4.80. The fourth-order valence-electron chi connectivity index (χ4n) is 2.36. The molecular formula is C14H15ClN2O3S. The Morgan fingerprint density at radius 3 is 2.67 bits per heavy atom. The fourth-order valence-corrected chi connectivity index (χ4v) is 3.46. The maximum Gasteiger partial charge on any atom is 0.348 e. The summed E-state index contributed by atoms with van der Waals surface area (Å²) in [5, 5.41) is 9.00. The first-order chi connectivity index (χ1) is 9.81. The third kappa shape index (κ3) is 3.16. The van der Waals surface area contributed by atoms with Crippen LogP contribution < -0.4 is 5.69 Å². The van der Waals surface area contributed by atoms with Crippen molar-refractivity contribution in [3.8, 4) is 0 Å². The second kappa shape index (κ2) is 5.99. The minimum absolute atomic E-state index is 0.150. The lowest BCUT2D eigenvalue weighted by Gasteiger charge is -2.19. The van der Waals surface area contributed by atoms with E-state index in [9.17, 15) is 9.59 Å². The number of aliphatic carboxylic acids is 1. The van der Waals surface area contributed by atoms with Gasteiger partial charge in [-0.1, -0.05) is 11.6 Å². The Bertz CT molecular complexity index is 751. The standard InChI is InChI=1S/C14H15ClN2O3S/c1-7-10(6-13(18)19)8(2)17(14(20)16-7)9(3)11-4-5-12(15)21-11/h4-5,9H,6H2,1-3H3,(H,18,19). The topological polar surface area (TPSA) is 72.2 Å². The van der Waals surface area contributed by atoms with E-state index in [1.165, 1.54) is 15.9 Å². The highest BCUT2D eigenvalue weighted by molar-refractivity contribution is 7.16. The minimum Gasteiger partial charge on any atom is -0.481 e. The predicted molar refractivity (Wildman–Crippen MR) is 82.5 cm³/mol. The van der Waals surface area contributed by atoms with Gasteiger partial charge in [0.05, 0.1) is 16.8 Å². The molecule has 0 aliphatic carbocycles. The number of carboxylic acid groups (broad SMARTS) is 1. The number of halogens is 1. The minimum atomic E-state index is -0.944. The van der Waals surface area contributed by atoms with Crippen LogP contribution in [0.5, 0.6) is 0 Å². The number of carboxylic acids is 1. The van der Waals surface area contributed by atoms with Crippen molar-refractivity contribution in [2.75, 3.05) is 0 Å². The molecule has 0 bridgehead atoms. The molecule has 0 saturated carbocycles. The van der Waals surface area contributed by atoms with E-state index in [1.54, 1.807) is 19.9 Å². The van der Waals surface area contributed by atoms with Gasteiger partial charge in [-0.15, -0.1) is 11.3 Å². The lowest BCUT2D eigenvalue weighted by Crippen LogP contribution is -2.30. The first-order valence-electron chi connectivity index (χ1n) is 6.37. The van der Waals surface area contributed by atoms with Crippen molar-refractivity contribution in [3.05, 3.63) is 48.8 Å². The molecular weight excluding hydrogens is 312 g/mol. The lowest BCUT2D eigenvalue weighted by atomic mass is 10.1. The van der Waals surface area contributed by atoms with E-state index in [1.807, 2.05) is 13.0 Å².